The van der Waals surface area contributed by atoms with Gasteiger partial charge in [-0.05, 0) is 24.1 Å². The van der Waals surface area contributed by atoms with Gasteiger partial charge in [-0.1, -0.05) is 48.5 Å². The largest absolute Gasteiger partial charge is 0.354 e. The molecule has 2 aromatic rings. The van der Waals surface area contributed by atoms with Gasteiger partial charge in [-0.2, -0.15) is 0 Å². The topological polar surface area (TPSA) is 87.3 Å². The van der Waals surface area contributed by atoms with Gasteiger partial charge < -0.3 is 16.0 Å². The highest BCUT2D eigenvalue weighted by Crippen LogP contribution is 2.06. The highest BCUT2D eigenvalue weighted by atomic mass is 16.2. The molecule has 0 fully saturated rings. The van der Waals surface area contributed by atoms with Gasteiger partial charge in [-0.15, -0.1) is 0 Å². The first-order valence-corrected chi connectivity index (χ1v) is 8.97. The lowest BCUT2D eigenvalue weighted by Crippen LogP contribution is -2.36. The van der Waals surface area contributed by atoms with Crippen molar-refractivity contribution in [2.24, 2.45) is 0 Å². The third kappa shape index (κ3) is 7.32. The summed E-state index contributed by atoms with van der Waals surface area (Å²) in [4.78, 5) is 35.6. The van der Waals surface area contributed by atoms with E-state index in [1.165, 1.54) is 0 Å². The van der Waals surface area contributed by atoms with Gasteiger partial charge in [0.2, 0.25) is 11.8 Å². The van der Waals surface area contributed by atoms with E-state index in [1.54, 1.807) is 12.1 Å². The number of carbonyl (C=O) groups is 3. The van der Waals surface area contributed by atoms with Crippen LogP contribution in [-0.4, -0.2) is 37.4 Å². The van der Waals surface area contributed by atoms with Crippen molar-refractivity contribution < 1.29 is 14.4 Å². The summed E-state index contributed by atoms with van der Waals surface area (Å²) in [6.45, 7) is 2.85. The van der Waals surface area contributed by atoms with Crippen LogP contribution in [0.4, 0.5) is 0 Å². The molecule has 0 aliphatic rings. The summed E-state index contributed by atoms with van der Waals surface area (Å²) in [5.41, 5.74) is 2.45. The van der Waals surface area contributed by atoms with Crippen LogP contribution in [0.3, 0.4) is 0 Å². The summed E-state index contributed by atoms with van der Waals surface area (Å²) < 4.78 is 0. The standard InChI is InChI=1S/C21H25N3O3/c1-16-7-5-6-10-18(16)21(27)24-12-11-19(25)22-13-14-23-20(26)15-17-8-3-2-4-9-17/h2-10H,11-15H2,1H3,(H,22,25)(H,23,26)(H,24,27). The zero-order valence-electron chi connectivity index (χ0n) is 15.5. The predicted molar refractivity (Wildman–Crippen MR) is 104 cm³/mol. The maximum absolute atomic E-state index is 12.0. The summed E-state index contributed by atoms with van der Waals surface area (Å²) in [6, 6.07) is 16.8. The smallest absolute Gasteiger partial charge is 0.251 e. The van der Waals surface area contributed by atoms with E-state index in [9.17, 15) is 14.4 Å². The maximum atomic E-state index is 12.0. The van der Waals surface area contributed by atoms with Gasteiger partial charge >= 0.3 is 0 Å². The minimum atomic E-state index is -0.186. The fraction of sp³-hybridized carbons (Fsp3) is 0.286. The van der Waals surface area contributed by atoms with Crippen LogP contribution in [-0.2, 0) is 16.0 Å². The van der Waals surface area contributed by atoms with E-state index in [4.69, 9.17) is 0 Å². The van der Waals surface area contributed by atoms with Crippen molar-refractivity contribution in [1.82, 2.24) is 16.0 Å². The molecule has 0 radical (unpaired) electrons. The van der Waals surface area contributed by atoms with Crippen LogP contribution >= 0.6 is 0 Å². The molecule has 142 valence electrons. The van der Waals surface area contributed by atoms with Gasteiger partial charge in [0.15, 0.2) is 0 Å². The Hall–Kier alpha value is -3.15. The van der Waals surface area contributed by atoms with Crippen LogP contribution in [0.25, 0.3) is 0 Å². The number of carbonyl (C=O) groups excluding carboxylic acids is 3. The Labute approximate surface area is 159 Å². The van der Waals surface area contributed by atoms with E-state index in [0.29, 0.717) is 25.1 Å². The van der Waals surface area contributed by atoms with Crippen LogP contribution in [0, 0.1) is 6.92 Å². The molecule has 0 aromatic heterocycles. The molecule has 2 rings (SSSR count). The summed E-state index contributed by atoms with van der Waals surface area (Å²) in [5, 5.41) is 8.22. The summed E-state index contributed by atoms with van der Waals surface area (Å²) in [6.07, 6.45) is 0.509. The van der Waals surface area contributed by atoms with Crippen molar-refractivity contribution in [1.29, 1.82) is 0 Å². The van der Waals surface area contributed by atoms with Crippen LogP contribution in [0.5, 0.6) is 0 Å². The zero-order valence-corrected chi connectivity index (χ0v) is 15.5. The maximum Gasteiger partial charge on any atom is 0.251 e. The molecule has 27 heavy (non-hydrogen) atoms. The molecule has 0 saturated carbocycles. The van der Waals surface area contributed by atoms with Crippen LogP contribution in [0.15, 0.2) is 54.6 Å². The SMILES string of the molecule is Cc1ccccc1C(=O)NCCC(=O)NCCNC(=O)Cc1ccccc1. The summed E-state index contributed by atoms with van der Waals surface area (Å²) in [7, 11) is 0. The predicted octanol–water partition coefficient (Wildman–Crippen LogP) is 1.59. The second-order valence-corrected chi connectivity index (χ2v) is 6.18. The van der Waals surface area contributed by atoms with E-state index in [0.717, 1.165) is 11.1 Å². The van der Waals surface area contributed by atoms with Crippen molar-refractivity contribution >= 4 is 17.7 Å². The molecule has 6 heteroatoms. The monoisotopic (exact) mass is 367 g/mol. The molecular weight excluding hydrogens is 342 g/mol. The number of nitrogens with one attached hydrogen (secondary N) is 3. The molecule has 2 aromatic carbocycles. The van der Waals surface area contributed by atoms with E-state index >= 15 is 0 Å². The van der Waals surface area contributed by atoms with E-state index < -0.39 is 0 Å². The molecule has 0 saturated heterocycles. The summed E-state index contributed by atoms with van der Waals surface area (Å²) in [5.74, 6) is -0.438. The molecule has 6 nitrogen and oxygen atoms in total. The lowest BCUT2D eigenvalue weighted by atomic mass is 10.1. The van der Waals surface area contributed by atoms with Crippen LogP contribution < -0.4 is 16.0 Å². The van der Waals surface area contributed by atoms with Crippen molar-refractivity contribution in [2.45, 2.75) is 19.8 Å². The quantitative estimate of drug-likeness (QED) is 0.588. The molecule has 0 atom stereocenters. The van der Waals surface area contributed by atoms with Gasteiger partial charge in [0.05, 0.1) is 6.42 Å². The third-order valence-electron chi connectivity index (χ3n) is 4.00. The molecule has 0 aliphatic heterocycles. The lowest BCUT2D eigenvalue weighted by Gasteiger charge is -2.09. The zero-order chi connectivity index (χ0) is 19.5. The van der Waals surface area contributed by atoms with E-state index in [1.807, 2.05) is 49.4 Å². The second-order valence-electron chi connectivity index (χ2n) is 6.18. The molecule has 0 spiro atoms. The molecule has 0 heterocycles. The highest BCUT2D eigenvalue weighted by Gasteiger charge is 2.08. The Kier molecular flexibility index (Phi) is 8.03. The minimum Gasteiger partial charge on any atom is -0.354 e. The first kappa shape index (κ1) is 20.2. The third-order valence-corrected chi connectivity index (χ3v) is 4.00. The molecule has 3 N–H and O–H groups in total. The van der Waals surface area contributed by atoms with Gasteiger partial charge in [-0.25, -0.2) is 0 Å². The number of hydrogen-bond acceptors (Lipinski definition) is 3. The number of benzene rings is 2. The average molecular weight is 367 g/mol. The van der Waals surface area contributed by atoms with Crippen LogP contribution in [0.2, 0.25) is 0 Å². The second kappa shape index (κ2) is 10.8. The molecule has 0 unspecified atom stereocenters. The fourth-order valence-corrected chi connectivity index (χ4v) is 2.55. The Bertz CT molecular complexity index is 775. The fourth-order valence-electron chi connectivity index (χ4n) is 2.55. The normalized spacial score (nSPS) is 10.1. The first-order valence-electron chi connectivity index (χ1n) is 8.97. The number of hydrogen-bond donors (Lipinski definition) is 3. The Morgan fingerprint density at radius 2 is 1.37 bits per heavy atom. The average Bonchev–Trinajstić information content (AvgIpc) is 2.66. The summed E-state index contributed by atoms with van der Waals surface area (Å²) >= 11 is 0. The van der Waals surface area contributed by atoms with Crippen molar-refractivity contribution in [3.8, 4) is 0 Å². The Balaban J connectivity index is 1.56. The number of amides is 3. The lowest BCUT2D eigenvalue weighted by molar-refractivity contribution is -0.122. The molecular formula is C21H25N3O3. The molecule has 3 amide bonds. The first-order chi connectivity index (χ1) is 13.1. The van der Waals surface area contributed by atoms with Gasteiger partial charge in [0, 0.05) is 31.6 Å². The minimum absolute atomic E-state index is 0.0825. The van der Waals surface area contributed by atoms with E-state index in [-0.39, 0.29) is 30.7 Å². The molecule has 0 aliphatic carbocycles. The van der Waals surface area contributed by atoms with Crippen molar-refractivity contribution in [2.75, 3.05) is 19.6 Å². The highest BCUT2D eigenvalue weighted by molar-refractivity contribution is 5.95. The van der Waals surface area contributed by atoms with Gasteiger partial charge in [-0.3, -0.25) is 14.4 Å². The number of aryl methyl sites for hydroxylation is 1. The van der Waals surface area contributed by atoms with Gasteiger partial charge in [0.1, 0.15) is 0 Å². The van der Waals surface area contributed by atoms with Crippen molar-refractivity contribution in [3.05, 3.63) is 71.3 Å². The molecule has 0 bridgehead atoms. The Morgan fingerprint density at radius 3 is 2.07 bits per heavy atom. The van der Waals surface area contributed by atoms with E-state index in [2.05, 4.69) is 16.0 Å². The number of rotatable bonds is 9. The van der Waals surface area contributed by atoms with Crippen LogP contribution in [0.1, 0.15) is 27.9 Å². The van der Waals surface area contributed by atoms with Gasteiger partial charge in [0.25, 0.3) is 5.91 Å². The Morgan fingerprint density at radius 1 is 0.741 bits per heavy atom. The van der Waals surface area contributed by atoms with Crippen molar-refractivity contribution in [3.63, 3.8) is 0 Å².